The lowest BCUT2D eigenvalue weighted by atomic mass is 10.1. The van der Waals surface area contributed by atoms with E-state index in [1.165, 1.54) is 12.8 Å². The van der Waals surface area contributed by atoms with E-state index in [-0.39, 0.29) is 30.8 Å². The standard InChI is InChI=1S/C20H23N3O3/c24-19-12-16(13-22(19)17-4-1-2-5-17)20(25)26-14-15-6-8-18(9-7-15)23-11-3-10-21-23/h3,6-11,16-17H,1-2,4-5,12-14H2. The average Bonchev–Trinajstić information content (AvgIpc) is 3.41. The number of nitrogens with zero attached hydrogens (tertiary/aromatic N) is 3. The molecule has 1 amide bonds. The number of ether oxygens (including phenoxy) is 1. The van der Waals surface area contributed by atoms with Gasteiger partial charge in [-0.3, -0.25) is 9.59 Å². The van der Waals surface area contributed by atoms with Crippen molar-refractivity contribution in [3.8, 4) is 5.69 Å². The fourth-order valence-electron chi connectivity index (χ4n) is 3.90. The molecule has 2 fully saturated rings. The summed E-state index contributed by atoms with van der Waals surface area (Å²) in [5.74, 6) is -0.496. The second kappa shape index (κ2) is 7.32. The van der Waals surface area contributed by atoms with E-state index in [0.29, 0.717) is 12.6 Å². The molecule has 0 radical (unpaired) electrons. The number of benzene rings is 1. The summed E-state index contributed by atoms with van der Waals surface area (Å²) in [5.41, 5.74) is 1.88. The predicted octanol–water partition coefficient (Wildman–Crippen LogP) is 2.71. The normalized spacial score (nSPS) is 20.7. The SMILES string of the molecule is O=C(OCc1ccc(-n2cccn2)cc1)C1CC(=O)N(C2CCCC2)C1. The van der Waals surface area contributed by atoms with Crippen molar-refractivity contribution >= 4 is 11.9 Å². The van der Waals surface area contributed by atoms with E-state index in [0.717, 1.165) is 24.1 Å². The molecule has 1 aliphatic heterocycles. The fraction of sp³-hybridized carbons (Fsp3) is 0.450. The van der Waals surface area contributed by atoms with E-state index in [1.54, 1.807) is 10.9 Å². The number of hydrogen-bond donors (Lipinski definition) is 0. The molecule has 1 saturated carbocycles. The highest BCUT2D eigenvalue weighted by atomic mass is 16.5. The van der Waals surface area contributed by atoms with Crippen LogP contribution in [0.5, 0.6) is 0 Å². The molecule has 4 rings (SSSR count). The smallest absolute Gasteiger partial charge is 0.311 e. The first-order chi connectivity index (χ1) is 12.7. The van der Waals surface area contributed by atoms with Gasteiger partial charge in [0.15, 0.2) is 0 Å². The zero-order valence-electron chi connectivity index (χ0n) is 14.7. The minimum absolute atomic E-state index is 0.0995. The van der Waals surface area contributed by atoms with Gasteiger partial charge >= 0.3 is 5.97 Å². The minimum Gasteiger partial charge on any atom is -0.461 e. The molecular weight excluding hydrogens is 330 g/mol. The maximum absolute atomic E-state index is 12.4. The Morgan fingerprint density at radius 3 is 2.65 bits per heavy atom. The molecule has 1 aliphatic carbocycles. The van der Waals surface area contributed by atoms with Gasteiger partial charge in [0.2, 0.25) is 5.91 Å². The van der Waals surface area contributed by atoms with Crippen molar-refractivity contribution < 1.29 is 14.3 Å². The molecule has 0 spiro atoms. The lowest BCUT2D eigenvalue weighted by Gasteiger charge is -2.23. The highest BCUT2D eigenvalue weighted by molar-refractivity contribution is 5.87. The summed E-state index contributed by atoms with van der Waals surface area (Å²) in [7, 11) is 0. The molecule has 136 valence electrons. The van der Waals surface area contributed by atoms with E-state index < -0.39 is 0 Å². The molecule has 1 saturated heterocycles. The van der Waals surface area contributed by atoms with Gasteiger partial charge in [0.25, 0.3) is 0 Å². The molecule has 26 heavy (non-hydrogen) atoms. The molecule has 0 bridgehead atoms. The molecule has 2 aromatic rings. The van der Waals surface area contributed by atoms with E-state index in [4.69, 9.17) is 4.74 Å². The topological polar surface area (TPSA) is 64.4 Å². The van der Waals surface area contributed by atoms with Gasteiger partial charge < -0.3 is 9.64 Å². The quantitative estimate of drug-likeness (QED) is 0.775. The molecule has 1 unspecified atom stereocenters. The monoisotopic (exact) mass is 353 g/mol. The van der Waals surface area contributed by atoms with E-state index >= 15 is 0 Å². The second-order valence-electron chi connectivity index (χ2n) is 7.11. The summed E-state index contributed by atoms with van der Waals surface area (Å²) in [6, 6.07) is 9.93. The van der Waals surface area contributed by atoms with Crippen LogP contribution in [-0.2, 0) is 20.9 Å². The summed E-state index contributed by atoms with van der Waals surface area (Å²) in [4.78, 5) is 26.5. The van der Waals surface area contributed by atoms with Crippen molar-refractivity contribution in [2.45, 2.75) is 44.8 Å². The molecule has 1 atom stereocenters. The third-order valence-corrected chi connectivity index (χ3v) is 5.34. The maximum atomic E-state index is 12.4. The number of amides is 1. The number of carbonyl (C=O) groups is 2. The Morgan fingerprint density at radius 2 is 1.96 bits per heavy atom. The Labute approximate surface area is 152 Å². The number of likely N-dealkylation sites (tertiary alicyclic amines) is 1. The van der Waals surface area contributed by atoms with Crippen LogP contribution in [0.25, 0.3) is 5.69 Å². The van der Waals surface area contributed by atoms with Crippen LogP contribution in [0, 0.1) is 5.92 Å². The second-order valence-corrected chi connectivity index (χ2v) is 7.11. The van der Waals surface area contributed by atoms with Crippen LogP contribution in [0.2, 0.25) is 0 Å². The first-order valence-corrected chi connectivity index (χ1v) is 9.26. The number of rotatable bonds is 5. The molecule has 2 heterocycles. The van der Waals surface area contributed by atoms with Gasteiger partial charge in [0.1, 0.15) is 6.61 Å². The minimum atomic E-state index is -0.327. The lowest BCUT2D eigenvalue weighted by Crippen LogP contribution is -2.35. The van der Waals surface area contributed by atoms with Gasteiger partial charge in [0, 0.05) is 31.4 Å². The largest absolute Gasteiger partial charge is 0.461 e. The van der Waals surface area contributed by atoms with Gasteiger partial charge in [-0.2, -0.15) is 5.10 Å². The molecular formula is C20H23N3O3. The highest BCUT2D eigenvalue weighted by Crippen LogP contribution is 2.30. The third-order valence-electron chi connectivity index (χ3n) is 5.34. The summed E-state index contributed by atoms with van der Waals surface area (Å²) in [5, 5.41) is 4.18. The predicted molar refractivity (Wildman–Crippen MR) is 95.4 cm³/mol. The van der Waals surface area contributed by atoms with Gasteiger partial charge in [-0.1, -0.05) is 25.0 Å². The molecule has 2 aliphatic rings. The zero-order chi connectivity index (χ0) is 17.9. The summed E-state index contributed by atoms with van der Waals surface area (Å²) < 4.78 is 7.24. The van der Waals surface area contributed by atoms with Crippen LogP contribution in [0.4, 0.5) is 0 Å². The number of hydrogen-bond acceptors (Lipinski definition) is 4. The Kier molecular flexibility index (Phi) is 4.73. The molecule has 6 heteroatoms. The van der Waals surface area contributed by atoms with Crippen LogP contribution < -0.4 is 0 Å². The first kappa shape index (κ1) is 16.8. The van der Waals surface area contributed by atoms with Crippen molar-refractivity contribution in [1.82, 2.24) is 14.7 Å². The van der Waals surface area contributed by atoms with Crippen LogP contribution in [0.1, 0.15) is 37.7 Å². The fourth-order valence-corrected chi connectivity index (χ4v) is 3.90. The van der Waals surface area contributed by atoms with Gasteiger partial charge in [0.05, 0.1) is 11.6 Å². The Balaban J connectivity index is 1.30. The molecule has 1 aromatic carbocycles. The molecule has 0 N–H and O–H groups in total. The molecule has 6 nitrogen and oxygen atoms in total. The van der Waals surface area contributed by atoms with E-state index in [2.05, 4.69) is 5.10 Å². The first-order valence-electron chi connectivity index (χ1n) is 9.26. The summed E-state index contributed by atoms with van der Waals surface area (Å²) in [6.07, 6.45) is 8.38. The van der Waals surface area contributed by atoms with Gasteiger partial charge in [-0.25, -0.2) is 4.68 Å². The Bertz CT molecular complexity index is 764. The summed E-state index contributed by atoms with van der Waals surface area (Å²) in [6.45, 7) is 0.743. The van der Waals surface area contributed by atoms with Crippen LogP contribution >= 0.6 is 0 Å². The van der Waals surface area contributed by atoms with Crippen LogP contribution in [-0.4, -0.2) is 39.1 Å². The number of esters is 1. The zero-order valence-corrected chi connectivity index (χ0v) is 14.7. The van der Waals surface area contributed by atoms with Gasteiger partial charge in [-0.05, 0) is 36.6 Å². The van der Waals surface area contributed by atoms with Crippen molar-refractivity contribution in [2.24, 2.45) is 5.92 Å². The molecule has 1 aromatic heterocycles. The number of carbonyl (C=O) groups excluding carboxylic acids is 2. The maximum Gasteiger partial charge on any atom is 0.311 e. The van der Waals surface area contributed by atoms with Crippen LogP contribution in [0.15, 0.2) is 42.7 Å². The Morgan fingerprint density at radius 1 is 1.19 bits per heavy atom. The van der Waals surface area contributed by atoms with Crippen molar-refractivity contribution in [2.75, 3.05) is 6.54 Å². The van der Waals surface area contributed by atoms with Crippen LogP contribution in [0.3, 0.4) is 0 Å². The average molecular weight is 353 g/mol. The van der Waals surface area contributed by atoms with E-state index in [1.807, 2.05) is 41.4 Å². The lowest BCUT2D eigenvalue weighted by molar-refractivity contribution is -0.149. The number of aromatic nitrogens is 2. The van der Waals surface area contributed by atoms with Crippen molar-refractivity contribution in [3.63, 3.8) is 0 Å². The van der Waals surface area contributed by atoms with Crippen molar-refractivity contribution in [3.05, 3.63) is 48.3 Å². The van der Waals surface area contributed by atoms with Crippen molar-refractivity contribution in [1.29, 1.82) is 0 Å². The van der Waals surface area contributed by atoms with Gasteiger partial charge in [-0.15, -0.1) is 0 Å². The summed E-state index contributed by atoms with van der Waals surface area (Å²) >= 11 is 0. The van der Waals surface area contributed by atoms with E-state index in [9.17, 15) is 9.59 Å². The Hall–Kier alpha value is -2.63. The highest BCUT2D eigenvalue weighted by Gasteiger charge is 2.39. The third kappa shape index (κ3) is 3.49.